The maximum atomic E-state index is 11.9. The number of nitrogens with two attached hydrogens (primary N) is 1. The molecule has 1 atom stereocenters. The van der Waals surface area contributed by atoms with Crippen LogP contribution in [0, 0.1) is 5.92 Å². The van der Waals surface area contributed by atoms with Crippen LogP contribution >= 0.6 is 0 Å². The topological polar surface area (TPSA) is 67.2 Å². The molecule has 1 aromatic carbocycles. The summed E-state index contributed by atoms with van der Waals surface area (Å²) < 4.78 is 0. The first-order valence-electron chi connectivity index (χ1n) is 8.06. The van der Waals surface area contributed by atoms with E-state index in [1.165, 1.54) is 32.1 Å². The summed E-state index contributed by atoms with van der Waals surface area (Å²) >= 11 is 0. The maximum absolute atomic E-state index is 11.9. The van der Waals surface area contributed by atoms with Crippen molar-refractivity contribution in [3.63, 3.8) is 0 Å². The van der Waals surface area contributed by atoms with Crippen molar-refractivity contribution in [1.82, 2.24) is 5.32 Å². The Morgan fingerprint density at radius 2 is 2.05 bits per heavy atom. The van der Waals surface area contributed by atoms with Gasteiger partial charge in [-0.1, -0.05) is 19.3 Å². The van der Waals surface area contributed by atoms with Crippen molar-refractivity contribution in [1.29, 1.82) is 0 Å². The number of carbonyl (C=O) groups is 1. The van der Waals surface area contributed by atoms with E-state index in [0.29, 0.717) is 29.8 Å². The quantitative estimate of drug-likeness (QED) is 0.728. The predicted molar refractivity (Wildman–Crippen MR) is 88.5 cm³/mol. The van der Waals surface area contributed by atoms with Crippen molar-refractivity contribution < 1.29 is 4.79 Å². The second kappa shape index (κ2) is 7.34. The van der Waals surface area contributed by atoms with Crippen molar-refractivity contribution in [2.24, 2.45) is 5.92 Å². The minimum atomic E-state index is -0.0501. The number of anilines is 2. The van der Waals surface area contributed by atoms with Crippen LogP contribution in [-0.2, 0) is 0 Å². The minimum absolute atomic E-state index is 0.0501. The van der Waals surface area contributed by atoms with Gasteiger partial charge in [0.05, 0.1) is 11.4 Å². The molecule has 1 fully saturated rings. The maximum Gasteiger partial charge on any atom is 0.251 e. The number of hydrogen-bond acceptors (Lipinski definition) is 3. The number of nitrogen functional groups attached to an aromatic ring is 1. The highest BCUT2D eigenvalue weighted by molar-refractivity contribution is 5.96. The van der Waals surface area contributed by atoms with E-state index in [0.717, 1.165) is 5.69 Å². The van der Waals surface area contributed by atoms with Gasteiger partial charge < -0.3 is 16.4 Å². The molecule has 4 heteroatoms. The first-order chi connectivity index (χ1) is 10.1. The summed E-state index contributed by atoms with van der Waals surface area (Å²) in [5.74, 6) is 0.650. The highest BCUT2D eigenvalue weighted by Crippen LogP contribution is 2.29. The van der Waals surface area contributed by atoms with Crippen LogP contribution in [0.1, 0.15) is 56.3 Å². The molecular formula is C17H27N3O. The van der Waals surface area contributed by atoms with Gasteiger partial charge in [0.1, 0.15) is 0 Å². The molecule has 21 heavy (non-hydrogen) atoms. The molecule has 4 N–H and O–H groups in total. The van der Waals surface area contributed by atoms with Gasteiger partial charge >= 0.3 is 0 Å². The smallest absolute Gasteiger partial charge is 0.251 e. The fourth-order valence-electron chi connectivity index (χ4n) is 3.08. The molecule has 1 saturated carbocycles. The second-order valence-electron chi connectivity index (χ2n) is 5.99. The summed E-state index contributed by atoms with van der Waals surface area (Å²) in [5.41, 5.74) is 8.28. The van der Waals surface area contributed by atoms with Gasteiger partial charge in [0.2, 0.25) is 0 Å². The molecule has 4 nitrogen and oxygen atoms in total. The third kappa shape index (κ3) is 4.13. The third-order valence-corrected chi connectivity index (χ3v) is 4.39. The highest BCUT2D eigenvalue weighted by atomic mass is 16.1. The number of nitrogens with one attached hydrogen (secondary N) is 2. The highest BCUT2D eigenvalue weighted by Gasteiger charge is 2.20. The number of hydrogen-bond donors (Lipinski definition) is 3. The van der Waals surface area contributed by atoms with Gasteiger partial charge in [-0.3, -0.25) is 4.79 Å². The lowest BCUT2D eigenvalue weighted by Gasteiger charge is -2.29. The van der Waals surface area contributed by atoms with E-state index in [1.807, 2.05) is 13.0 Å². The van der Waals surface area contributed by atoms with E-state index in [1.54, 1.807) is 12.1 Å². The molecular weight excluding hydrogens is 262 g/mol. The SMILES string of the molecule is CCNC(=O)c1ccc(N)c(NC(C)C2CCCCC2)c1. The van der Waals surface area contributed by atoms with Gasteiger partial charge in [-0.15, -0.1) is 0 Å². The second-order valence-corrected chi connectivity index (χ2v) is 5.99. The summed E-state index contributed by atoms with van der Waals surface area (Å²) in [6.45, 7) is 4.76. The number of rotatable bonds is 5. The summed E-state index contributed by atoms with van der Waals surface area (Å²) in [6.07, 6.45) is 6.57. The molecule has 0 aromatic heterocycles. The Balaban J connectivity index is 2.07. The summed E-state index contributed by atoms with van der Waals surface area (Å²) in [4.78, 5) is 11.9. The molecule has 1 aromatic rings. The normalized spacial score (nSPS) is 17.2. The largest absolute Gasteiger partial charge is 0.397 e. The average Bonchev–Trinajstić information content (AvgIpc) is 2.50. The molecule has 1 amide bonds. The zero-order chi connectivity index (χ0) is 15.2. The lowest BCUT2D eigenvalue weighted by Crippen LogP contribution is -2.28. The Kier molecular flexibility index (Phi) is 5.48. The van der Waals surface area contributed by atoms with Gasteiger partial charge in [-0.2, -0.15) is 0 Å². The number of benzene rings is 1. The van der Waals surface area contributed by atoms with Gasteiger partial charge in [0, 0.05) is 18.2 Å². The average molecular weight is 289 g/mol. The van der Waals surface area contributed by atoms with Gasteiger partial charge in [-0.05, 0) is 50.8 Å². The number of amides is 1. The molecule has 0 spiro atoms. The first kappa shape index (κ1) is 15.7. The van der Waals surface area contributed by atoms with E-state index in [-0.39, 0.29) is 5.91 Å². The Morgan fingerprint density at radius 1 is 1.33 bits per heavy atom. The monoisotopic (exact) mass is 289 g/mol. The van der Waals surface area contributed by atoms with Crippen LogP contribution < -0.4 is 16.4 Å². The Morgan fingerprint density at radius 3 is 2.71 bits per heavy atom. The zero-order valence-electron chi connectivity index (χ0n) is 13.1. The van der Waals surface area contributed by atoms with Crippen LogP contribution in [0.25, 0.3) is 0 Å². The molecule has 0 radical (unpaired) electrons. The fraction of sp³-hybridized carbons (Fsp3) is 0.588. The van der Waals surface area contributed by atoms with E-state index in [4.69, 9.17) is 5.73 Å². The van der Waals surface area contributed by atoms with E-state index in [9.17, 15) is 4.79 Å². The summed E-state index contributed by atoms with van der Waals surface area (Å²) in [6, 6.07) is 5.83. The molecule has 0 bridgehead atoms. The summed E-state index contributed by atoms with van der Waals surface area (Å²) in [7, 11) is 0. The lowest BCUT2D eigenvalue weighted by atomic mass is 9.84. The van der Waals surface area contributed by atoms with Crippen LogP contribution in [0.3, 0.4) is 0 Å². The van der Waals surface area contributed by atoms with Crippen LogP contribution in [0.15, 0.2) is 18.2 Å². The standard InChI is InChI=1S/C17H27N3O/c1-3-19-17(21)14-9-10-15(18)16(11-14)20-12(2)13-7-5-4-6-8-13/h9-13,20H,3-8,18H2,1-2H3,(H,19,21). The van der Waals surface area contributed by atoms with Gasteiger partial charge in [0.15, 0.2) is 0 Å². The summed E-state index contributed by atoms with van der Waals surface area (Å²) in [5, 5.41) is 6.33. The lowest BCUT2D eigenvalue weighted by molar-refractivity contribution is 0.0956. The molecule has 0 saturated heterocycles. The van der Waals surface area contributed by atoms with Crippen LogP contribution in [0.2, 0.25) is 0 Å². The number of carbonyl (C=O) groups excluding carboxylic acids is 1. The Labute approximate surface area is 127 Å². The van der Waals surface area contributed by atoms with E-state index in [2.05, 4.69) is 17.6 Å². The molecule has 1 aliphatic rings. The van der Waals surface area contributed by atoms with Crippen LogP contribution in [0.4, 0.5) is 11.4 Å². The van der Waals surface area contributed by atoms with E-state index < -0.39 is 0 Å². The van der Waals surface area contributed by atoms with Crippen LogP contribution in [-0.4, -0.2) is 18.5 Å². The Bertz CT molecular complexity index is 481. The molecule has 116 valence electrons. The van der Waals surface area contributed by atoms with Crippen molar-refractivity contribution in [3.05, 3.63) is 23.8 Å². The van der Waals surface area contributed by atoms with Crippen LogP contribution in [0.5, 0.6) is 0 Å². The van der Waals surface area contributed by atoms with Crippen molar-refractivity contribution in [3.8, 4) is 0 Å². The zero-order valence-corrected chi connectivity index (χ0v) is 13.1. The fourth-order valence-corrected chi connectivity index (χ4v) is 3.08. The van der Waals surface area contributed by atoms with Gasteiger partial charge in [0.25, 0.3) is 5.91 Å². The Hall–Kier alpha value is -1.71. The van der Waals surface area contributed by atoms with Crippen molar-refractivity contribution in [2.75, 3.05) is 17.6 Å². The van der Waals surface area contributed by atoms with Crippen molar-refractivity contribution >= 4 is 17.3 Å². The van der Waals surface area contributed by atoms with Gasteiger partial charge in [-0.25, -0.2) is 0 Å². The molecule has 0 aliphatic heterocycles. The first-order valence-corrected chi connectivity index (χ1v) is 8.06. The predicted octanol–water partition coefficient (Wildman–Crippen LogP) is 3.40. The molecule has 2 rings (SSSR count). The molecule has 1 unspecified atom stereocenters. The van der Waals surface area contributed by atoms with Crippen molar-refractivity contribution in [2.45, 2.75) is 52.0 Å². The minimum Gasteiger partial charge on any atom is -0.397 e. The molecule has 1 aliphatic carbocycles. The van der Waals surface area contributed by atoms with E-state index >= 15 is 0 Å². The molecule has 0 heterocycles. The third-order valence-electron chi connectivity index (χ3n) is 4.39.